The van der Waals surface area contributed by atoms with Crippen LogP contribution < -0.4 is 5.32 Å². The second-order valence-corrected chi connectivity index (χ2v) is 4.36. The summed E-state index contributed by atoms with van der Waals surface area (Å²) in [5, 5.41) is 2.52. The molecule has 1 aromatic heterocycles. The Hall–Kier alpha value is -0.850. The fraction of sp³-hybridized carbons (Fsp3) is 0.286. The molecule has 0 radical (unpaired) electrons. The maximum atomic E-state index is 10.4. The summed E-state index contributed by atoms with van der Waals surface area (Å²) < 4.78 is 20.8. The minimum atomic E-state index is -0.401. The van der Waals surface area contributed by atoms with Gasteiger partial charge in [-0.1, -0.05) is 6.07 Å². The molecule has 6 heteroatoms. The van der Waals surface area contributed by atoms with E-state index in [2.05, 4.69) is 10.3 Å². The molecule has 1 rings (SSSR count). The summed E-state index contributed by atoms with van der Waals surface area (Å²) in [5.41, 5.74) is 0. The van der Waals surface area contributed by atoms with Crippen LogP contribution in [0.3, 0.4) is 0 Å². The summed E-state index contributed by atoms with van der Waals surface area (Å²) >= 11 is 0. The molecule has 0 spiro atoms. The van der Waals surface area contributed by atoms with Crippen LogP contribution in [0.2, 0.25) is 0 Å². The molecule has 13 heavy (non-hydrogen) atoms. The summed E-state index contributed by atoms with van der Waals surface area (Å²) in [5.74, 6) is 0.694. The van der Waals surface area contributed by atoms with Crippen molar-refractivity contribution in [3.63, 3.8) is 0 Å². The molecule has 0 aliphatic heterocycles. The number of rotatable bonds is 5. The van der Waals surface area contributed by atoms with Gasteiger partial charge < -0.3 is 5.32 Å². The van der Waals surface area contributed by atoms with Gasteiger partial charge in [0, 0.05) is 12.7 Å². The van der Waals surface area contributed by atoms with E-state index in [1.807, 2.05) is 6.07 Å². The first-order valence-electron chi connectivity index (χ1n) is 3.66. The molecule has 0 saturated carbocycles. The van der Waals surface area contributed by atoms with Gasteiger partial charge in [-0.05, 0) is 12.1 Å². The van der Waals surface area contributed by atoms with Gasteiger partial charge in [-0.2, -0.15) is 0 Å². The van der Waals surface area contributed by atoms with Crippen LogP contribution in [0.15, 0.2) is 24.4 Å². The van der Waals surface area contributed by atoms with Gasteiger partial charge in [-0.3, -0.25) is 9.13 Å². The third-order valence-corrected chi connectivity index (χ3v) is 2.79. The van der Waals surface area contributed by atoms with E-state index in [1.54, 1.807) is 18.3 Å². The molecule has 0 aliphatic rings. The summed E-state index contributed by atoms with van der Waals surface area (Å²) in [6.07, 6.45) is 1.65. The number of nitrogens with one attached hydrogen (secondary N) is 1. The lowest BCUT2D eigenvalue weighted by atomic mass is 10.4. The van der Waals surface area contributed by atoms with E-state index in [9.17, 15) is 9.13 Å². The Kier molecular flexibility index (Phi) is 4.52. The minimum absolute atomic E-state index is 0.120. The second kappa shape index (κ2) is 5.74. The quantitative estimate of drug-likeness (QED) is 0.764. The average molecular weight is 214 g/mol. The largest absolute Gasteiger partial charge is 0.368 e. The molecule has 0 aromatic carbocycles. The third-order valence-electron chi connectivity index (χ3n) is 1.37. The Morgan fingerprint density at radius 1 is 1.38 bits per heavy atom. The molecule has 0 bridgehead atoms. The van der Waals surface area contributed by atoms with Crippen molar-refractivity contribution in [3.05, 3.63) is 24.4 Å². The van der Waals surface area contributed by atoms with Crippen LogP contribution in [0, 0.1) is 0 Å². The van der Waals surface area contributed by atoms with Gasteiger partial charge in [0.05, 0.1) is 0 Å². The van der Waals surface area contributed by atoms with Crippen molar-refractivity contribution >= 4 is 22.7 Å². The number of aromatic nitrogens is 1. The second-order valence-electron chi connectivity index (χ2n) is 2.29. The van der Waals surface area contributed by atoms with Crippen LogP contribution in [-0.4, -0.2) is 16.9 Å². The number of nitrogens with zero attached hydrogens (tertiary/aromatic N) is 1. The van der Waals surface area contributed by atoms with Crippen molar-refractivity contribution in [1.29, 1.82) is 0 Å². The molecule has 4 nitrogen and oxygen atoms in total. The Bertz CT molecular complexity index is 273. The smallest absolute Gasteiger partial charge is 0.173 e. The molecule has 68 valence electrons. The molecule has 0 unspecified atom stereocenters. The molecular formula is C7H8N2O2P2. The Balaban J connectivity index is 2.42. The van der Waals surface area contributed by atoms with E-state index >= 15 is 0 Å². The lowest BCUT2D eigenvalue weighted by molar-refractivity contribution is 0.588. The van der Waals surface area contributed by atoms with E-state index in [0.29, 0.717) is 12.4 Å². The number of pyridine rings is 1. The van der Waals surface area contributed by atoms with Crippen LogP contribution in [0.4, 0.5) is 5.82 Å². The highest BCUT2D eigenvalue weighted by molar-refractivity contribution is 7.44. The lowest BCUT2D eigenvalue weighted by Gasteiger charge is -2.03. The Morgan fingerprint density at radius 2 is 2.15 bits per heavy atom. The van der Waals surface area contributed by atoms with Gasteiger partial charge in [0.25, 0.3) is 0 Å². The molecule has 1 aromatic rings. The third kappa shape index (κ3) is 3.58. The normalized spacial score (nSPS) is 12.9. The maximum absolute atomic E-state index is 10.4. The van der Waals surface area contributed by atoms with Gasteiger partial charge in [-0.15, -0.1) is 0 Å². The van der Waals surface area contributed by atoms with E-state index in [4.69, 9.17) is 0 Å². The summed E-state index contributed by atoms with van der Waals surface area (Å²) in [6.45, 7) is 0.382. The van der Waals surface area contributed by atoms with Gasteiger partial charge in [-0.25, -0.2) is 4.98 Å². The minimum Gasteiger partial charge on any atom is -0.368 e. The molecule has 0 fully saturated rings. The molecule has 0 atom stereocenters. The van der Waals surface area contributed by atoms with Gasteiger partial charge in [0.1, 0.15) is 11.2 Å². The van der Waals surface area contributed by atoms with E-state index < -0.39 is 5.40 Å². The summed E-state index contributed by atoms with van der Waals surface area (Å²) in [4.78, 5) is 4.00. The van der Waals surface area contributed by atoms with E-state index in [-0.39, 0.29) is 16.9 Å². The first kappa shape index (κ1) is 10.2. The van der Waals surface area contributed by atoms with Crippen molar-refractivity contribution in [1.82, 2.24) is 4.98 Å². The maximum Gasteiger partial charge on any atom is 0.173 e. The van der Waals surface area contributed by atoms with Crippen molar-refractivity contribution in [2.24, 2.45) is 0 Å². The first-order chi connectivity index (χ1) is 6.36. The Morgan fingerprint density at radius 3 is 2.69 bits per heavy atom. The van der Waals surface area contributed by atoms with Gasteiger partial charge in [0.2, 0.25) is 0 Å². The first-order valence-corrected chi connectivity index (χ1v) is 5.43. The molecule has 0 aliphatic carbocycles. The highest BCUT2D eigenvalue weighted by Gasteiger charge is 2.06. The van der Waals surface area contributed by atoms with Crippen molar-refractivity contribution in [3.8, 4) is 0 Å². The molecule has 0 amide bonds. The van der Waals surface area contributed by atoms with Crippen molar-refractivity contribution < 1.29 is 9.13 Å². The van der Waals surface area contributed by atoms with Crippen LogP contribution >= 0.6 is 16.9 Å². The fourth-order valence-corrected chi connectivity index (χ4v) is 1.24. The monoisotopic (exact) mass is 214 g/mol. The van der Waals surface area contributed by atoms with Crippen LogP contribution in [-0.2, 0) is 9.13 Å². The number of hydrogen-bond acceptors (Lipinski definition) is 4. The van der Waals surface area contributed by atoms with E-state index in [1.165, 1.54) is 0 Å². The fourth-order valence-electron chi connectivity index (χ4n) is 0.757. The van der Waals surface area contributed by atoms with E-state index in [0.717, 1.165) is 0 Å². The topological polar surface area (TPSA) is 59.1 Å². The predicted molar refractivity (Wildman–Crippen MR) is 51.7 cm³/mol. The summed E-state index contributed by atoms with van der Waals surface area (Å²) in [6, 6.07) is 5.44. The van der Waals surface area contributed by atoms with Crippen LogP contribution in [0.25, 0.3) is 0 Å². The zero-order chi connectivity index (χ0) is 9.52. The molecule has 0 saturated heterocycles. The number of anilines is 1. The predicted octanol–water partition coefficient (Wildman–Crippen LogP) is 2.40. The zero-order valence-corrected chi connectivity index (χ0v) is 8.54. The summed E-state index contributed by atoms with van der Waals surface area (Å²) in [7, 11) is -0.240. The number of hydrogen-bond donors (Lipinski definition) is 1. The average Bonchev–Trinajstić information content (AvgIpc) is 2.21. The van der Waals surface area contributed by atoms with Crippen LogP contribution in [0.1, 0.15) is 0 Å². The molecule has 1 N–H and O–H groups in total. The highest BCUT2D eigenvalue weighted by Crippen LogP contribution is 2.18. The van der Waals surface area contributed by atoms with Gasteiger partial charge >= 0.3 is 0 Å². The van der Waals surface area contributed by atoms with Crippen molar-refractivity contribution in [2.75, 3.05) is 11.9 Å². The molecule has 1 heterocycles. The molecular weight excluding hydrogens is 206 g/mol. The SMILES string of the molecule is O=PC(CNc1ccccn1)P=O. The highest BCUT2D eigenvalue weighted by atomic mass is 31.1. The standard InChI is InChI=1S/C7H8N2O2P2/c10-12-7(13-11)5-9-6-3-1-2-4-8-6/h1-4,7H,5H2,(H,8,9). The van der Waals surface area contributed by atoms with Crippen molar-refractivity contribution in [2.45, 2.75) is 5.40 Å². The zero-order valence-electron chi connectivity index (χ0n) is 6.75. The Labute approximate surface area is 79.2 Å². The lowest BCUT2D eigenvalue weighted by Crippen LogP contribution is -2.09. The van der Waals surface area contributed by atoms with Crippen LogP contribution in [0.5, 0.6) is 0 Å². The van der Waals surface area contributed by atoms with Gasteiger partial charge in [0.15, 0.2) is 16.9 Å².